The van der Waals surface area contributed by atoms with E-state index in [1.807, 2.05) is 31.3 Å². The summed E-state index contributed by atoms with van der Waals surface area (Å²) in [5.41, 5.74) is 1.00. The van der Waals surface area contributed by atoms with E-state index in [0.717, 1.165) is 10.2 Å². The highest BCUT2D eigenvalue weighted by molar-refractivity contribution is 8.01. The van der Waals surface area contributed by atoms with Crippen molar-refractivity contribution in [1.82, 2.24) is 0 Å². The maximum Gasteiger partial charge on any atom is 0.303 e. The average molecular weight is 232 g/mol. The van der Waals surface area contributed by atoms with Gasteiger partial charge in [-0.05, 0) is 6.07 Å². The van der Waals surface area contributed by atoms with E-state index in [0.29, 0.717) is 16.1 Å². The first-order chi connectivity index (χ1) is 6.68. The fourth-order valence-corrected chi connectivity index (χ4v) is 3.23. The molecule has 0 amide bonds. The molecule has 14 heavy (non-hydrogen) atoms. The third kappa shape index (κ3) is 1.74. The predicted molar refractivity (Wildman–Crippen MR) is 54.9 cm³/mol. The highest BCUT2D eigenvalue weighted by atomic mass is 32.2. The summed E-state index contributed by atoms with van der Waals surface area (Å²) in [6.07, 6.45) is 0. The Hall–Kier alpha value is -0.680. The van der Waals surface area contributed by atoms with E-state index < -0.39 is 5.76 Å². The van der Waals surface area contributed by atoms with Gasteiger partial charge < -0.3 is 0 Å². The van der Waals surface area contributed by atoms with Crippen LogP contribution in [0.5, 0.6) is 0 Å². The Balaban J connectivity index is 2.51. The zero-order chi connectivity index (χ0) is 10.1. The fourth-order valence-electron chi connectivity index (χ4n) is 1.26. The molecule has 0 spiro atoms. The minimum absolute atomic E-state index is 0.599. The molecule has 0 aliphatic heterocycles. The highest BCUT2D eigenvalue weighted by Crippen LogP contribution is 2.30. The largest absolute Gasteiger partial charge is 0.303 e. The van der Waals surface area contributed by atoms with E-state index in [1.54, 1.807) is 4.57 Å². The molecule has 1 nitrogen and oxygen atoms in total. The van der Waals surface area contributed by atoms with Crippen LogP contribution in [0.1, 0.15) is 0 Å². The molecule has 0 N–H and O–H groups in total. The van der Waals surface area contributed by atoms with Crippen molar-refractivity contribution in [2.45, 2.75) is 10.1 Å². The molecule has 0 radical (unpaired) electrons. The number of para-hydroxylation sites is 1. The van der Waals surface area contributed by atoms with Crippen LogP contribution < -0.4 is 4.57 Å². The number of benzene rings is 1. The summed E-state index contributed by atoms with van der Waals surface area (Å²) in [4.78, 5) is 0. The minimum atomic E-state index is -2.35. The Morgan fingerprint density at radius 3 is 2.71 bits per heavy atom. The Morgan fingerprint density at radius 1 is 1.36 bits per heavy atom. The molecule has 0 aliphatic carbocycles. The topological polar surface area (TPSA) is 3.88 Å². The van der Waals surface area contributed by atoms with Crippen LogP contribution >= 0.6 is 23.1 Å². The van der Waals surface area contributed by atoms with E-state index in [-0.39, 0.29) is 0 Å². The van der Waals surface area contributed by atoms with Crippen molar-refractivity contribution in [1.29, 1.82) is 0 Å². The Morgan fingerprint density at radius 2 is 2.07 bits per heavy atom. The van der Waals surface area contributed by atoms with E-state index >= 15 is 0 Å². The Labute approximate surface area is 88.4 Å². The van der Waals surface area contributed by atoms with Crippen molar-refractivity contribution in [3.63, 3.8) is 0 Å². The van der Waals surface area contributed by atoms with E-state index in [1.165, 1.54) is 11.3 Å². The van der Waals surface area contributed by atoms with Gasteiger partial charge in [0.1, 0.15) is 11.7 Å². The second-order valence-corrected chi connectivity index (χ2v) is 5.04. The SMILES string of the molecule is C[n+]1c(SC(F)F)sc2ccccc21. The Bertz CT molecular complexity index is 453. The Kier molecular flexibility index (Phi) is 2.69. The average Bonchev–Trinajstić information content (AvgIpc) is 2.44. The van der Waals surface area contributed by atoms with Gasteiger partial charge in [0.25, 0.3) is 5.76 Å². The second kappa shape index (κ2) is 3.82. The van der Waals surface area contributed by atoms with Crippen LogP contribution in [0.2, 0.25) is 0 Å². The molecule has 5 heteroatoms. The van der Waals surface area contributed by atoms with Crippen molar-refractivity contribution in [2.75, 3.05) is 0 Å². The number of hydrogen-bond acceptors (Lipinski definition) is 2. The van der Waals surface area contributed by atoms with Crippen LogP contribution in [0, 0.1) is 0 Å². The molecule has 0 aliphatic rings. The lowest BCUT2D eigenvalue weighted by molar-refractivity contribution is -0.676. The number of alkyl halides is 2. The number of halogens is 2. The number of hydrogen-bond donors (Lipinski definition) is 0. The summed E-state index contributed by atoms with van der Waals surface area (Å²) in [7, 11) is 1.81. The predicted octanol–water partition coefficient (Wildman–Crippen LogP) is 3.04. The zero-order valence-corrected chi connectivity index (χ0v) is 9.04. The quantitative estimate of drug-likeness (QED) is 0.568. The number of rotatable bonds is 2. The fraction of sp³-hybridized carbons (Fsp3) is 0.222. The summed E-state index contributed by atoms with van der Waals surface area (Å²) < 4.78 is 27.9. The van der Waals surface area contributed by atoms with Crippen molar-refractivity contribution >= 4 is 33.3 Å². The maximum atomic E-state index is 12.2. The van der Waals surface area contributed by atoms with Crippen molar-refractivity contribution in [3.8, 4) is 0 Å². The monoisotopic (exact) mass is 232 g/mol. The lowest BCUT2D eigenvalue weighted by Crippen LogP contribution is -2.28. The third-order valence-electron chi connectivity index (χ3n) is 1.89. The van der Waals surface area contributed by atoms with Gasteiger partial charge in [0.15, 0.2) is 0 Å². The molecule has 1 aromatic carbocycles. The van der Waals surface area contributed by atoms with E-state index in [2.05, 4.69) is 0 Å². The number of thioether (sulfide) groups is 1. The van der Waals surface area contributed by atoms with Crippen LogP contribution in [0.25, 0.3) is 10.2 Å². The number of aryl methyl sites for hydroxylation is 1. The zero-order valence-electron chi connectivity index (χ0n) is 7.41. The molecule has 0 saturated carbocycles. The first-order valence-corrected chi connectivity index (χ1v) is 5.70. The van der Waals surface area contributed by atoms with E-state index in [9.17, 15) is 8.78 Å². The van der Waals surface area contributed by atoms with Gasteiger partial charge in [0.05, 0.1) is 0 Å². The van der Waals surface area contributed by atoms with Gasteiger partial charge in [0, 0.05) is 17.8 Å². The molecule has 0 saturated heterocycles. The molecule has 1 heterocycles. The smallest absolute Gasteiger partial charge is 0.197 e. The molecular formula is C9H8F2NS2+. The third-order valence-corrected chi connectivity index (χ3v) is 4.09. The number of fused-ring (bicyclic) bond motifs is 1. The first kappa shape index (κ1) is 9.86. The van der Waals surface area contributed by atoms with Crippen LogP contribution in [-0.2, 0) is 7.05 Å². The molecule has 1 aromatic heterocycles. The van der Waals surface area contributed by atoms with Gasteiger partial charge >= 0.3 is 4.34 Å². The van der Waals surface area contributed by atoms with Gasteiger partial charge in [-0.15, -0.1) is 0 Å². The molecular weight excluding hydrogens is 224 g/mol. The summed E-state index contributed by atoms with van der Waals surface area (Å²) >= 11 is 2.00. The number of aromatic nitrogens is 1. The molecule has 2 rings (SSSR count). The van der Waals surface area contributed by atoms with Crippen LogP contribution in [0.4, 0.5) is 8.78 Å². The molecule has 74 valence electrons. The number of thiazole rings is 1. The van der Waals surface area contributed by atoms with Crippen molar-refractivity contribution in [2.24, 2.45) is 7.05 Å². The maximum absolute atomic E-state index is 12.2. The van der Waals surface area contributed by atoms with Gasteiger partial charge in [-0.25, -0.2) is 0 Å². The molecule has 0 bridgehead atoms. The molecule has 0 fully saturated rings. The van der Waals surface area contributed by atoms with Gasteiger partial charge in [-0.3, -0.25) is 0 Å². The van der Waals surface area contributed by atoms with Gasteiger partial charge in [-0.1, -0.05) is 23.5 Å². The van der Waals surface area contributed by atoms with Crippen molar-refractivity contribution in [3.05, 3.63) is 24.3 Å². The minimum Gasteiger partial charge on any atom is -0.197 e. The molecule has 0 unspecified atom stereocenters. The second-order valence-electron chi connectivity index (χ2n) is 2.77. The van der Waals surface area contributed by atoms with Crippen LogP contribution in [0.3, 0.4) is 0 Å². The van der Waals surface area contributed by atoms with E-state index in [4.69, 9.17) is 0 Å². The van der Waals surface area contributed by atoms with Crippen LogP contribution in [-0.4, -0.2) is 5.76 Å². The summed E-state index contributed by atoms with van der Waals surface area (Å²) in [5, 5.41) is 0. The molecule has 2 aromatic rings. The van der Waals surface area contributed by atoms with Gasteiger partial charge in [-0.2, -0.15) is 13.3 Å². The summed E-state index contributed by atoms with van der Waals surface area (Å²) in [5.74, 6) is -2.35. The highest BCUT2D eigenvalue weighted by Gasteiger charge is 2.20. The number of nitrogens with zero attached hydrogens (tertiary/aromatic N) is 1. The van der Waals surface area contributed by atoms with Crippen LogP contribution in [0.15, 0.2) is 28.6 Å². The van der Waals surface area contributed by atoms with Crippen molar-refractivity contribution < 1.29 is 13.3 Å². The normalized spacial score (nSPS) is 11.4. The summed E-state index contributed by atoms with van der Waals surface area (Å²) in [6.45, 7) is 0. The lowest BCUT2D eigenvalue weighted by Gasteiger charge is -1.90. The summed E-state index contributed by atoms with van der Waals surface area (Å²) in [6, 6.07) is 7.69. The van der Waals surface area contributed by atoms with Gasteiger partial charge in [0.2, 0.25) is 5.52 Å². The lowest BCUT2D eigenvalue weighted by atomic mass is 10.3. The molecule has 0 atom stereocenters. The standard InChI is InChI=1S/C9H8F2NS2/c1-12-6-4-2-3-5-7(6)13-9(12)14-8(10)11/h2-5,8H,1H3/q+1. The first-order valence-electron chi connectivity index (χ1n) is 4.01.